The molecule has 0 radical (unpaired) electrons. The summed E-state index contributed by atoms with van der Waals surface area (Å²) in [5.41, 5.74) is 0.720. The number of aromatic nitrogens is 2. The Kier molecular flexibility index (Phi) is 5.44. The third-order valence-electron chi connectivity index (χ3n) is 5.27. The van der Waals surface area contributed by atoms with Crippen LogP contribution >= 0.6 is 0 Å². The van der Waals surface area contributed by atoms with Crippen LogP contribution in [0.4, 0.5) is 13.2 Å². The van der Waals surface area contributed by atoms with Crippen molar-refractivity contribution in [1.29, 1.82) is 0 Å². The standard InChI is InChI=1S/C21H21F3N4O2/c22-21(23,24)15-4-1-3-13(9-15)10-25-18(29)12-28-8-2-5-17-16(20(28)30)11-26-19(27-17)14-6-7-14/h1,3-4,9,11,14H,2,5-8,10,12H2,(H,25,29). The summed E-state index contributed by atoms with van der Waals surface area (Å²) in [5.74, 6) is 0.457. The number of amides is 2. The Labute approximate surface area is 171 Å². The number of hydrogen-bond donors (Lipinski definition) is 1. The van der Waals surface area contributed by atoms with Crippen LogP contribution in [-0.4, -0.2) is 39.8 Å². The van der Waals surface area contributed by atoms with Gasteiger partial charge in [0.05, 0.1) is 23.4 Å². The second kappa shape index (κ2) is 8.04. The molecular formula is C21H21F3N4O2. The molecule has 1 N–H and O–H groups in total. The summed E-state index contributed by atoms with van der Waals surface area (Å²) in [5, 5.41) is 2.59. The van der Waals surface area contributed by atoms with E-state index in [1.165, 1.54) is 17.0 Å². The fraction of sp³-hybridized carbons (Fsp3) is 0.429. The van der Waals surface area contributed by atoms with E-state index in [0.717, 1.165) is 36.5 Å². The van der Waals surface area contributed by atoms with E-state index < -0.39 is 17.6 Å². The Morgan fingerprint density at radius 2 is 2.07 bits per heavy atom. The van der Waals surface area contributed by atoms with Gasteiger partial charge in [0.2, 0.25) is 5.91 Å². The fourth-order valence-corrected chi connectivity index (χ4v) is 3.49. The molecule has 2 amide bonds. The molecule has 9 heteroatoms. The number of rotatable bonds is 5. The van der Waals surface area contributed by atoms with E-state index in [4.69, 9.17) is 0 Å². The molecular weight excluding hydrogens is 397 g/mol. The number of nitrogens with one attached hydrogen (secondary N) is 1. The number of hydrogen-bond acceptors (Lipinski definition) is 4. The van der Waals surface area contributed by atoms with Gasteiger partial charge >= 0.3 is 6.18 Å². The second-order valence-electron chi connectivity index (χ2n) is 7.67. The molecule has 1 fully saturated rings. The highest BCUT2D eigenvalue weighted by Crippen LogP contribution is 2.38. The Morgan fingerprint density at radius 3 is 2.80 bits per heavy atom. The molecule has 0 spiro atoms. The predicted octanol–water partition coefficient (Wildman–Crippen LogP) is 3.08. The second-order valence-corrected chi connectivity index (χ2v) is 7.67. The lowest BCUT2D eigenvalue weighted by molar-refractivity contribution is -0.137. The molecule has 0 saturated heterocycles. The van der Waals surface area contributed by atoms with Crippen molar-refractivity contribution in [3.05, 3.63) is 58.7 Å². The van der Waals surface area contributed by atoms with Gasteiger partial charge in [0.25, 0.3) is 5.91 Å². The van der Waals surface area contributed by atoms with Crippen molar-refractivity contribution >= 4 is 11.8 Å². The van der Waals surface area contributed by atoms with Gasteiger partial charge in [-0.15, -0.1) is 0 Å². The normalized spacial score (nSPS) is 16.8. The van der Waals surface area contributed by atoms with Crippen LogP contribution in [0.5, 0.6) is 0 Å². The zero-order chi connectivity index (χ0) is 21.3. The minimum atomic E-state index is -4.44. The molecule has 0 atom stereocenters. The van der Waals surface area contributed by atoms with Gasteiger partial charge < -0.3 is 10.2 Å². The summed E-state index contributed by atoms with van der Waals surface area (Å²) in [7, 11) is 0. The largest absolute Gasteiger partial charge is 0.416 e. The number of benzene rings is 1. The third-order valence-corrected chi connectivity index (χ3v) is 5.27. The summed E-state index contributed by atoms with van der Waals surface area (Å²) in [6, 6.07) is 4.80. The van der Waals surface area contributed by atoms with Gasteiger partial charge in [-0.1, -0.05) is 12.1 Å². The summed E-state index contributed by atoms with van der Waals surface area (Å²) in [6.07, 6.45) is 0.590. The Hall–Kier alpha value is -2.97. The minimum absolute atomic E-state index is 0.0464. The molecule has 6 nitrogen and oxygen atoms in total. The zero-order valence-corrected chi connectivity index (χ0v) is 16.2. The smallest absolute Gasteiger partial charge is 0.350 e. The first-order chi connectivity index (χ1) is 14.3. The molecule has 2 heterocycles. The van der Waals surface area contributed by atoms with E-state index in [9.17, 15) is 22.8 Å². The number of carbonyl (C=O) groups is 2. The van der Waals surface area contributed by atoms with Gasteiger partial charge in [-0.25, -0.2) is 9.97 Å². The minimum Gasteiger partial charge on any atom is -0.350 e. The van der Waals surface area contributed by atoms with Crippen LogP contribution in [0.1, 0.15) is 58.2 Å². The van der Waals surface area contributed by atoms with Gasteiger partial charge in [0.1, 0.15) is 5.82 Å². The molecule has 1 aromatic carbocycles. The molecule has 0 unspecified atom stereocenters. The van der Waals surface area contributed by atoms with Crippen molar-refractivity contribution in [2.24, 2.45) is 0 Å². The maximum atomic E-state index is 12.8. The molecule has 1 aliphatic carbocycles. The van der Waals surface area contributed by atoms with Crippen LogP contribution in [0.3, 0.4) is 0 Å². The summed E-state index contributed by atoms with van der Waals surface area (Å²) in [6.45, 7) is 0.196. The van der Waals surface area contributed by atoms with E-state index in [0.29, 0.717) is 36.4 Å². The lowest BCUT2D eigenvalue weighted by atomic mass is 10.1. The van der Waals surface area contributed by atoms with Crippen molar-refractivity contribution < 1.29 is 22.8 Å². The summed E-state index contributed by atoms with van der Waals surface area (Å²) in [4.78, 5) is 35.5. The molecule has 30 heavy (non-hydrogen) atoms. The van der Waals surface area contributed by atoms with Gasteiger partial charge in [0.15, 0.2) is 0 Å². The molecule has 0 bridgehead atoms. The van der Waals surface area contributed by atoms with Crippen LogP contribution in [0.15, 0.2) is 30.5 Å². The number of aryl methyl sites for hydroxylation is 1. The number of halogens is 3. The number of carbonyl (C=O) groups excluding carboxylic acids is 2. The molecule has 4 rings (SSSR count). The predicted molar refractivity (Wildman–Crippen MR) is 102 cm³/mol. The van der Waals surface area contributed by atoms with E-state index >= 15 is 0 Å². The zero-order valence-electron chi connectivity index (χ0n) is 16.2. The fourth-order valence-electron chi connectivity index (χ4n) is 3.49. The van der Waals surface area contributed by atoms with E-state index in [-0.39, 0.29) is 19.0 Å². The van der Waals surface area contributed by atoms with Crippen LogP contribution in [-0.2, 0) is 23.9 Å². The number of nitrogens with zero attached hydrogens (tertiary/aromatic N) is 3. The lowest BCUT2D eigenvalue weighted by Gasteiger charge is -2.20. The maximum Gasteiger partial charge on any atom is 0.416 e. The van der Waals surface area contributed by atoms with Crippen molar-refractivity contribution in [2.45, 2.75) is 44.3 Å². The van der Waals surface area contributed by atoms with Crippen molar-refractivity contribution in [3.63, 3.8) is 0 Å². The Morgan fingerprint density at radius 1 is 1.27 bits per heavy atom. The Bertz CT molecular complexity index is 973. The van der Waals surface area contributed by atoms with Crippen LogP contribution in [0, 0.1) is 0 Å². The molecule has 1 aliphatic heterocycles. The van der Waals surface area contributed by atoms with Crippen LogP contribution < -0.4 is 5.32 Å². The van der Waals surface area contributed by atoms with Crippen molar-refractivity contribution in [1.82, 2.24) is 20.2 Å². The first-order valence-electron chi connectivity index (χ1n) is 9.89. The van der Waals surface area contributed by atoms with Gasteiger partial charge in [-0.05, 0) is 43.4 Å². The van der Waals surface area contributed by atoms with E-state index in [1.807, 2.05) is 0 Å². The van der Waals surface area contributed by atoms with Crippen LogP contribution in [0.2, 0.25) is 0 Å². The summed E-state index contributed by atoms with van der Waals surface area (Å²) >= 11 is 0. The summed E-state index contributed by atoms with van der Waals surface area (Å²) < 4.78 is 38.4. The first kappa shape index (κ1) is 20.3. The lowest BCUT2D eigenvalue weighted by Crippen LogP contribution is -2.40. The average Bonchev–Trinajstić information content (AvgIpc) is 3.56. The molecule has 2 aliphatic rings. The van der Waals surface area contributed by atoms with Crippen molar-refractivity contribution in [2.75, 3.05) is 13.1 Å². The van der Waals surface area contributed by atoms with Gasteiger partial charge in [-0.3, -0.25) is 9.59 Å². The molecule has 2 aromatic rings. The third kappa shape index (κ3) is 4.60. The van der Waals surface area contributed by atoms with Crippen LogP contribution in [0.25, 0.3) is 0 Å². The first-order valence-corrected chi connectivity index (χ1v) is 9.89. The molecule has 158 valence electrons. The molecule has 1 saturated carbocycles. The average molecular weight is 418 g/mol. The van der Waals surface area contributed by atoms with Gasteiger partial charge in [-0.2, -0.15) is 13.2 Å². The quantitative estimate of drug-likeness (QED) is 0.810. The number of fused-ring (bicyclic) bond motifs is 1. The van der Waals surface area contributed by atoms with E-state index in [2.05, 4.69) is 15.3 Å². The van der Waals surface area contributed by atoms with Crippen molar-refractivity contribution in [3.8, 4) is 0 Å². The highest BCUT2D eigenvalue weighted by molar-refractivity contribution is 5.97. The Balaban J connectivity index is 1.38. The SMILES string of the molecule is O=C(CN1CCCc2nc(C3CC3)ncc2C1=O)NCc1cccc(C(F)(F)F)c1. The topological polar surface area (TPSA) is 75.2 Å². The van der Waals surface area contributed by atoms with Gasteiger partial charge in [0, 0.05) is 25.2 Å². The highest BCUT2D eigenvalue weighted by Gasteiger charge is 2.31. The maximum absolute atomic E-state index is 12.8. The number of alkyl halides is 3. The van der Waals surface area contributed by atoms with E-state index in [1.54, 1.807) is 6.20 Å². The molecule has 1 aromatic heterocycles. The monoisotopic (exact) mass is 418 g/mol. The highest BCUT2D eigenvalue weighted by atomic mass is 19.4.